The van der Waals surface area contributed by atoms with Crippen molar-refractivity contribution in [3.05, 3.63) is 36.0 Å². The van der Waals surface area contributed by atoms with Crippen LogP contribution < -0.4 is 16.3 Å². The molecule has 2 aromatic rings. The molecule has 2 radical (unpaired) electrons. The molecule has 7 nitrogen and oxygen atoms in total. The first-order valence-electron chi connectivity index (χ1n) is 8.07. The van der Waals surface area contributed by atoms with Gasteiger partial charge >= 0.3 is 5.97 Å². The average Bonchev–Trinajstić information content (AvgIpc) is 2.51. The zero-order chi connectivity index (χ0) is 19.3. The molecule has 0 aliphatic rings. The molecule has 0 saturated heterocycles. The number of aromatic nitrogens is 1. The van der Waals surface area contributed by atoms with Crippen LogP contribution in [0.15, 0.2) is 30.3 Å². The first-order valence-corrected chi connectivity index (χ1v) is 8.07. The number of carbonyl (C=O) groups is 3. The predicted octanol–water partition coefficient (Wildman–Crippen LogP) is 0.450. The number of fused-ring (bicyclic) bond motifs is 1. The minimum absolute atomic E-state index is 0.0208. The van der Waals surface area contributed by atoms with Crippen LogP contribution in [0.2, 0.25) is 0 Å². The lowest BCUT2D eigenvalue weighted by atomic mass is 9.95. The molecule has 2 rings (SSSR count). The largest absolute Gasteiger partial charge is 0.460 e. The van der Waals surface area contributed by atoms with Crippen molar-refractivity contribution >= 4 is 42.0 Å². The summed E-state index contributed by atoms with van der Waals surface area (Å²) in [7, 11) is 5.71. The van der Waals surface area contributed by atoms with Gasteiger partial charge in [-0.2, -0.15) is 0 Å². The Morgan fingerprint density at radius 1 is 1.08 bits per heavy atom. The second-order valence-electron chi connectivity index (χ2n) is 6.79. The molecule has 2 N–H and O–H groups in total. The van der Waals surface area contributed by atoms with Crippen molar-refractivity contribution in [1.29, 1.82) is 0 Å². The first-order chi connectivity index (χ1) is 12.1. The van der Waals surface area contributed by atoms with Crippen LogP contribution in [0.3, 0.4) is 0 Å². The second-order valence-corrected chi connectivity index (χ2v) is 6.79. The highest BCUT2D eigenvalue weighted by atomic mass is 16.6. The molecule has 0 bridgehead atoms. The maximum Gasteiger partial charge on any atom is 0.315 e. The second kappa shape index (κ2) is 7.99. The molecule has 1 aromatic carbocycles. The standard InChI is InChI=1S/C18H20BN3O4/c1-18(2,3)26-17(25)10-16(24)22-21-15(23)9-13-6-4-11-8-12(19)5-7-14(11)20-13/h4-8H,9-10H2,1-3H3,(H,21,23)(H,22,24). The molecule has 8 heteroatoms. The van der Waals surface area contributed by atoms with Crippen molar-refractivity contribution in [1.82, 2.24) is 15.8 Å². The molecule has 0 aliphatic heterocycles. The fourth-order valence-electron chi connectivity index (χ4n) is 2.19. The first kappa shape index (κ1) is 19.4. The summed E-state index contributed by atoms with van der Waals surface area (Å²) >= 11 is 0. The van der Waals surface area contributed by atoms with E-state index in [1.165, 1.54) is 0 Å². The number of ether oxygens (including phenoxy) is 1. The predicted molar refractivity (Wildman–Crippen MR) is 97.6 cm³/mol. The number of nitrogens with zero attached hydrogens (tertiary/aromatic N) is 1. The minimum Gasteiger partial charge on any atom is -0.460 e. The molecule has 134 valence electrons. The van der Waals surface area contributed by atoms with E-state index in [0.29, 0.717) is 11.2 Å². The van der Waals surface area contributed by atoms with E-state index in [9.17, 15) is 14.4 Å². The lowest BCUT2D eigenvalue weighted by molar-refractivity contribution is -0.156. The van der Waals surface area contributed by atoms with E-state index in [4.69, 9.17) is 12.6 Å². The third-order valence-corrected chi connectivity index (χ3v) is 3.18. The van der Waals surface area contributed by atoms with E-state index < -0.39 is 29.8 Å². The number of hydrazine groups is 1. The number of benzene rings is 1. The molecular weight excluding hydrogens is 333 g/mol. The molecule has 0 aliphatic carbocycles. The Morgan fingerprint density at radius 3 is 2.46 bits per heavy atom. The lowest BCUT2D eigenvalue weighted by Crippen LogP contribution is -2.43. The van der Waals surface area contributed by atoms with Crippen LogP contribution in [0.25, 0.3) is 10.9 Å². The maximum absolute atomic E-state index is 11.9. The van der Waals surface area contributed by atoms with Crippen molar-refractivity contribution in [2.75, 3.05) is 0 Å². The Kier molecular flexibility index (Phi) is 5.97. The number of nitrogens with one attached hydrogen (secondary N) is 2. The summed E-state index contributed by atoms with van der Waals surface area (Å²) in [5.74, 6) is -1.78. The van der Waals surface area contributed by atoms with Crippen LogP contribution in [0, 0.1) is 0 Å². The van der Waals surface area contributed by atoms with Gasteiger partial charge in [-0.25, -0.2) is 0 Å². The number of esters is 1. The quantitative estimate of drug-likeness (QED) is 0.360. The highest BCUT2D eigenvalue weighted by Crippen LogP contribution is 2.11. The summed E-state index contributed by atoms with van der Waals surface area (Å²) in [6.45, 7) is 5.11. The highest BCUT2D eigenvalue weighted by Gasteiger charge is 2.19. The van der Waals surface area contributed by atoms with Gasteiger partial charge in [0.05, 0.1) is 17.6 Å². The summed E-state index contributed by atoms with van der Waals surface area (Å²) in [4.78, 5) is 39.5. The lowest BCUT2D eigenvalue weighted by Gasteiger charge is -2.19. The highest BCUT2D eigenvalue weighted by molar-refractivity contribution is 6.33. The van der Waals surface area contributed by atoms with E-state index >= 15 is 0 Å². The molecule has 0 spiro atoms. The Morgan fingerprint density at radius 2 is 1.77 bits per heavy atom. The average molecular weight is 353 g/mol. The van der Waals surface area contributed by atoms with Crippen LogP contribution in [0.5, 0.6) is 0 Å². The van der Waals surface area contributed by atoms with Gasteiger partial charge in [-0.1, -0.05) is 23.7 Å². The zero-order valence-corrected chi connectivity index (χ0v) is 15.0. The smallest absolute Gasteiger partial charge is 0.315 e. The van der Waals surface area contributed by atoms with Crippen LogP contribution in [-0.2, 0) is 25.5 Å². The SMILES string of the molecule is [B]c1ccc2nc(CC(=O)NNC(=O)CC(=O)OC(C)(C)C)ccc2c1. The normalized spacial score (nSPS) is 11.0. The molecule has 0 atom stereocenters. The molecule has 0 fully saturated rings. The summed E-state index contributed by atoms with van der Waals surface area (Å²) in [5, 5.41) is 0.875. The maximum atomic E-state index is 11.9. The molecule has 0 saturated carbocycles. The van der Waals surface area contributed by atoms with Gasteiger partial charge in [0.25, 0.3) is 0 Å². The Balaban J connectivity index is 1.84. The summed E-state index contributed by atoms with van der Waals surface area (Å²) in [6.07, 6.45) is -0.500. The van der Waals surface area contributed by atoms with Crippen molar-refractivity contribution in [3.63, 3.8) is 0 Å². The van der Waals surface area contributed by atoms with E-state index in [1.807, 2.05) is 6.07 Å². The van der Waals surface area contributed by atoms with E-state index in [2.05, 4.69) is 15.8 Å². The van der Waals surface area contributed by atoms with Gasteiger partial charge in [0, 0.05) is 0 Å². The van der Waals surface area contributed by atoms with Crippen LogP contribution in [-0.4, -0.2) is 36.2 Å². The van der Waals surface area contributed by atoms with Crippen LogP contribution >= 0.6 is 0 Å². The molecule has 2 amide bonds. The van der Waals surface area contributed by atoms with Crippen molar-refractivity contribution in [2.45, 2.75) is 39.2 Å². The summed E-state index contributed by atoms with van der Waals surface area (Å²) < 4.78 is 5.03. The number of pyridine rings is 1. The Labute approximate surface area is 152 Å². The van der Waals surface area contributed by atoms with Gasteiger partial charge in [0.1, 0.15) is 19.9 Å². The molecule has 1 aromatic heterocycles. The third-order valence-electron chi connectivity index (χ3n) is 3.18. The van der Waals surface area contributed by atoms with E-state index in [-0.39, 0.29) is 6.42 Å². The van der Waals surface area contributed by atoms with Gasteiger partial charge in [-0.3, -0.25) is 30.2 Å². The Bertz CT molecular complexity index is 846. The summed E-state index contributed by atoms with van der Waals surface area (Å²) in [6, 6.07) is 8.83. The number of rotatable bonds is 4. The molecular formula is C18H20BN3O4. The van der Waals surface area contributed by atoms with Crippen molar-refractivity contribution in [3.8, 4) is 0 Å². The van der Waals surface area contributed by atoms with Gasteiger partial charge < -0.3 is 4.74 Å². The van der Waals surface area contributed by atoms with Crippen LogP contribution in [0.1, 0.15) is 32.9 Å². The zero-order valence-electron chi connectivity index (χ0n) is 15.0. The van der Waals surface area contributed by atoms with Gasteiger partial charge in [-0.05, 0) is 38.3 Å². The molecule has 26 heavy (non-hydrogen) atoms. The third kappa shape index (κ3) is 6.20. The van der Waals surface area contributed by atoms with Crippen molar-refractivity contribution in [2.24, 2.45) is 0 Å². The van der Waals surface area contributed by atoms with Gasteiger partial charge in [0.2, 0.25) is 11.8 Å². The topological polar surface area (TPSA) is 97.4 Å². The van der Waals surface area contributed by atoms with Gasteiger partial charge in [-0.15, -0.1) is 0 Å². The number of hydrogen-bond acceptors (Lipinski definition) is 5. The van der Waals surface area contributed by atoms with E-state index in [1.54, 1.807) is 45.0 Å². The monoisotopic (exact) mass is 353 g/mol. The van der Waals surface area contributed by atoms with Crippen molar-refractivity contribution < 1.29 is 19.1 Å². The van der Waals surface area contributed by atoms with Crippen LogP contribution in [0.4, 0.5) is 0 Å². The summed E-state index contributed by atoms with van der Waals surface area (Å²) in [5.41, 5.74) is 5.66. The fraction of sp³-hybridized carbons (Fsp3) is 0.333. The molecule has 0 unspecified atom stereocenters. The Hall–Kier alpha value is -2.90. The number of carbonyl (C=O) groups excluding carboxylic acids is 3. The number of hydrogen-bond donors (Lipinski definition) is 2. The van der Waals surface area contributed by atoms with Gasteiger partial charge in [0.15, 0.2) is 0 Å². The minimum atomic E-state index is -0.674. The van der Waals surface area contributed by atoms with E-state index in [0.717, 1.165) is 10.9 Å². The number of amides is 2. The fourth-order valence-corrected chi connectivity index (χ4v) is 2.19. The molecule has 1 heterocycles.